The number of hydrogen-bond acceptors (Lipinski definition) is 5. The van der Waals surface area contributed by atoms with Crippen LogP contribution >= 0.6 is 11.3 Å². The second-order valence-electron chi connectivity index (χ2n) is 5.53. The minimum absolute atomic E-state index is 0.129. The van der Waals surface area contributed by atoms with E-state index in [0.717, 1.165) is 35.5 Å². The smallest absolute Gasteiger partial charge is 0.0949 e. The molecule has 1 saturated heterocycles. The summed E-state index contributed by atoms with van der Waals surface area (Å²) in [6.45, 7) is 2.12. The van der Waals surface area contributed by atoms with Gasteiger partial charge in [-0.3, -0.25) is 11.3 Å². The molecule has 1 aromatic heterocycles. The Labute approximate surface area is 129 Å². The summed E-state index contributed by atoms with van der Waals surface area (Å²) in [5.74, 6) is 5.71. The molecule has 3 rings (SSSR count). The predicted octanol–water partition coefficient (Wildman–Crippen LogP) is 2.75. The lowest BCUT2D eigenvalue weighted by molar-refractivity contribution is 0.0320. The first-order valence-electron chi connectivity index (χ1n) is 7.37. The van der Waals surface area contributed by atoms with E-state index in [4.69, 9.17) is 15.6 Å². The molecule has 2 heterocycles. The minimum atomic E-state index is 0.129. The van der Waals surface area contributed by atoms with E-state index < -0.39 is 0 Å². The summed E-state index contributed by atoms with van der Waals surface area (Å²) in [5.41, 5.74) is 5.09. The molecule has 112 valence electrons. The molecule has 0 spiro atoms. The topological polar surface area (TPSA) is 60.2 Å². The van der Waals surface area contributed by atoms with E-state index in [-0.39, 0.29) is 12.1 Å². The van der Waals surface area contributed by atoms with Gasteiger partial charge in [0.25, 0.3) is 0 Å². The molecule has 1 aliphatic rings. The van der Waals surface area contributed by atoms with Crippen LogP contribution in [0, 0.1) is 0 Å². The number of rotatable bonds is 5. The van der Waals surface area contributed by atoms with Crippen molar-refractivity contribution in [3.05, 3.63) is 40.7 Å². The highest BCUT2D eigenvalue weighted by molar-refractivity contribution is 7.09. The maximum atomic E-state index is 5.91. The average Bonchev–Trinajstić information content (AvgIpc) is 3.15. The summed E-state index contributed by atoms with van der Waals surface area (Å²) in [4.78, 5) is 4.73. The maximum Gasteiger partial charge on any atom is 0.0949 e. The molecule has 1 aromatic carbocycles. The fourth-order valence-corrected chi connectivity index (χ4v) is 3.62. The number of hydrazine groups is 1. The van der Waals surface area contributed by atoms with Crippen molar-refractivity contribution in [3.63, 3.8) is 0 Å². The van der Waals surface area contributed by atoms with Crippen LogP contribution in [0.15, 0.2) is 35.7 Å². The normalized spacial score (nSPS) is 23.3. The highest BCUT2D eigenvalue weighted by atomic mass is 32.1. The van der Waals surface area contributed by atoms with Crippen molar-refractivity contribution in [2.45, 2.75) is 44.4 Å². The maximum absolute atomic E-state index is 5.91. The molecule has 5 heteroatoms. The van der Waals surface area contributed by atoms with Gasteiger partial charge in [-0.1, -0.05) is 30.3 Å². The molecule has 3 N–H and O–H groups in total. The number of benzene rings is 1. The highest BCUT2D eigenvalue weighted by Crippen LogP contribution is 2.26. The van der Waals surface area contributed by atoms with Gasteiger partial charge in [0.05, 0.1) is 29.0 Å². The summed E-state index contributed by atoms with van der Waals surface area (Å²) >= 11 is 1.69. The lowest BCUT2D eigenvalue weighted by Gasteiger charge is -2.21. The van der Waals surface area contributed by atoms with Crippen LogP contribution in [0.4, 0.5) is 0 Å². The predicted molar refractivity (Wildman–Crippen MR) is 85.9 cm³/mol. The largest absolute Gasteiger partial charge is 0.374 e. The molecule has 0 radical (unpaired) electrons. The lowest BCUT2D eigenvalue weighted by atomic mass is 10.1. The third-order valence-corrected chi connectivity index (χ3v) is 4.81. The molecule has 3 atom stereocenters. The van der Waals surface area contributed by atoms with Gasteiger partial charge in [0.2, 0.25) is 0 Å². The van der Waals surface area contributed by atoms with Gasteiger partial charge >= 0.3 is 0 Å². The van der Waals surface area contributed by atoms with E-state index >= 15 is 0 Å². The summed E-state index contributed by atoms with van der Waals surface area (Å²) in [7, 11) is 0. The van der Waals surface area contributed by atoms with E-state index in [1.165, 1.54) is 0 Å². The summed E-state index contributed by atoms with van der Waals surface area (Å²) < 4.78 is 5.91. The second-order valence-corrected chi connectivity index (χ2v) is 6.47. The molecule has 0 amide bonds. The van der Waals surface area contributed by atoms with Gasteiger partial charge in [0, 0.05) is 17.4 Å². The summed E-state index contributed by atoms with van der Waals surface area (Å²) in [6, 6.07) is 10.4. The molecule has 3 unspecified atom stereocenters. The Balaban J connectivity index is 1.68. The van der Waals surface area contributed by atoms with E-state index in [2.05, 4.69) is 29.9 Å². The monoisotopic (exact) mass is 303 g/mol. The van der Waals surface area contributed by atoms with Crippen molar-refractivity contribution in [2.75, 3.05) is 0 Å². The first-order valence-corrected chi connectivity index (χ1v) is 8.25. The number of thiazole rings is 1. The van der Waals surface area contributed by atoms with E-state index in [0.29, 0.717) is 6.10 Å². The minimum Gasteiger partial charge on any atom is -0.374 e. The molecule has 0 bridgehead atoms. The first-order chi connectivity index (χ1) is 10.3. The molecule has 21 heavy (non-hydrogen) atoms. The number of hydrogen-bond donors (Lipinski definition) is 2. The average molecular weight is 303 g/mol. The molecular weight excluding hydrogens is 282 g/mol. The Kier molecular flexibility index (Phi) is 4.65. The Morgan fingerprint density at radius 2 is 2.19 bits per heavy atom. The summed E-state index contributed by atoms with van der Waals surface area (Å²) in [5, 5.41) is 3.20. The Bertz CT molecular complexity index is 572. The van der Waals surface area contributed by atoms with Gasteiger partial charge < -0.3 is 4.74 Å². The molecule has 0 aliphatic carbocycles. The number of nitrogens with two attached hydrogens (primary N) is 1. The van der Waals surface area contributed by atoms with Crippen LogP contribution in [0.1, 0.15) is 24.8 Å². The molecule has 4 nitrogen and oxygen atoms in total. The fraction of sp³-hybridized carbons (Fsp3) is 0.438. The Morgan fingerprint density at radius 1 is 1.38 bits per heavy atom. The lowest BCUT2D eigenvalue weighted by Crippen LogP contribution is -2.45. The third-order valence-electron chi connectivity index (χ3n) is 3.94. The van der Waals surface area contributed by atoms with Crippen LogP contribution in [-0.4, -0.2) is 23.2 Å². The van der Waals surface area contributed by atoms with E-state index in [1.807, 2.05) is 18.2 Å². The molecule has 1 fully saturated rings. The van der Waals surface area contributed by atoms with Gasteiger partial charge in [-0.15, -0.1) is 11.3 Å². The quantitative estimate of drug-likeness (QED) is 0.658. The first kappa shape index (κ1) is 14.7. The zero-order chi connectivity index (χ0) is 14.7. The van der Waals surface area contributed by atoms with Crippen LogP contribution in [0.3, 0.4) is 0 Å². The number of ether oxygens (including phenoxy) is 1. The van der Waals surface area contributed by atoms with Crippen LogP contribution in [0.25, 0.3) is 11.3 Å². The van der Waals surface area contributed by atoms with Crippen molar-refractivity contribution < 1.29 is 4.74 Å². The standard InChI is InChI=1S/C16H21N3OS/c1-11-7-8-15(20-11)13(19-17)9-16-18-14(10-21-16)12-5-3-2-4-6-12/h2-6,10-11,13,15,19H,7-9,17H2,1H3. The second kappa shape index (κ2) is 6.66. The van der Waals surface area contributed by atoms with Crippen molar-refractivity contribution >= 4 is 11.3 Å². The van der Waals surface area contributed by atoms with Crippen LogP contribution in [0.2, 0.25) is 0 Å². The van der Waals surface area contributed by atoms with E-state index in [1.54, 1.807) is 11.3 Å². The zero-order valence-electron chi connectivity index (χ0n) is 12.2. The Morgan fingerprint density at radius 3 is 2.86 bits per heavy atom. The van der Waals surface area contributed by atoms with Gasteiger partial charge in [0.15, 0.2) is 0 Å². The Hall–Kier alpha value is -1.27. The van der Waals surface area contributed by atoms with E-state index in [9.17, 15) is 0 Å². The van der Waals surface area contributed by atoms with Gasteiger partial charge in [0.1, 0.15) is 0 Å². The molecule has 0 saturated carbocycles. The number of nitrogens with one attached hydrogen (secondary N) is 1. The van der Waals surface area contributed by atoms with Crippen LogP contribution < -0.4 is 11.3 Å². The van der Waals surface area contributed by atoms with Crippen molar-refractivity contribution in [1.82, 2.24) is 10.4 Å². The van der Waals surface area contributed by atoms with Crippen LogP contribution in [-0.2, 0) is 11.2 Å². The zero-order valence-corrected chi connectivity index (χ0v) is 13.0. The van der Waals surface area contributed by atoms with Gasteiger partial charge in [-0.2, -0.15) is 0 Å². The van der Waals surface area contributed by atoms with Crippen LogP contribution in [0.5, 0.6) is 0 Å². The van der Waals surface area contributed by atoms with Crippen molar-refractivity contribution in [1.29, 1.82) is 0 Å². The molecule has 2 aromatic rings. The molecular formula is C16H21N3OS. The number of nitrogens with zero attached hydrogens (tertiary/aromatic N) is 1. The van der Waals surface area contributed by atoms with Gasteiger partial charge in [-0.05, 0) is 19.8 Å². The summed E-state index contributed by atoms with van der Waals surface area (Å²) in [6.07, 6.45) is 3.50. The number of aromatic nitrogens is 1. The third kappa shape index (κ3) is 3.49. The molecule has 1 aliphatic heterocycles. The highest BCUT2D eigenvalue weighted by Gasteiger charge is 2.29. The SMILES string of the molecule is CC1CCC(C(Cc2nc(-c3ccccc3)cs2)NN)O1. The van der Waals surface area contributed by atoms with Crippen molar-refractivity contribution in [2.24, 2.45) is 5.84 Å². The van der Waals surface area contributed by atoms with Gasteiger partial charge in [-0.25, -0.2) is 4.98 Å². The fourth-order valence-electron chi connectivity index (χ4n) is 2.76. The van der Waals surface area contributed by atoms with Crippen molar-refractivity contribution in [3.8, 4) is 11.3 Å².